The second-order valence-electron chi connectivity index (χ2n) is 8.65. The molecule has 0 aliphatic carbocycles. The summed E-state index contributed by atoms with van der Waals surface area (Å²) in [5.41, 5.74) is 0. The first kappa shape index (κ1) is 27.8. The molecule has 0 amide bonds. The zero-order valence-corrected chi connectivity index (χ0v) is 20.4. The first-order valence-corrected chi connectivity index (χ1v) is 13.7. The molecule has 7 heteroatoms. The SMILES string of the molecule is CCCCCCCC[C@H]1OC(CC)(CC)O[C@@H]1CCCCCCCCOS(=O)(=O)O. The Morgan fingerprint density at radius 3 is 1.60 bits per heavy atom. The minimum atomic E-state index is -4.29. The van der Waals surface area contributed by atoms with Crippen molar-refractivity contribution in [1.29, 1.82) is 0 Å². The third kappa shape index (κ3) is 12.0. The fourth-order valence-corrected chi connectivity index (χ4v) is 4.58. The van der Waals surface area contributed by atoms with Gasteiger partial charge in [0.2, 0.25) is 0 Å². The lowest BCUT2D eigenvalue weighted by Gasteiger charge is -2.25. The molecule has 2 atom stereocenters. The number of rotatable bonds is 19. The van der Waals surface area contributed by atoms with Crippen LogP contribution in [0.3, 0.4) is 0 Å². The molecule has 0 aromatic carbocycles. The Labute approximate surface area is 185 Å². The molecule has 0 bridgehead atoms. The lowest BCUT2D eigenvalue weighted by atomic mass is 9.99. The standard InChI is InChI=1S/C23H46O6S/c1-4-7-8-9-12-15-18-21-22(29-23(5-2,6-3)28-21)19-16-13-10-11-14-17-20-27-30(24,25)26/h21-22H,4-20H2,1-3H3,(H,24,25,26)/t21-,22-/m1/s1. The zero-order valence-electron chi connectivity index (χ0n) is 19.6. The van der Waals surface area contributed by atoms with Crippen LogP contribution in [-0.4, -0.2) is 37.6 Å². The van der Waals surface area contributed by atoms with Crippen LogP contribution in [0.25, 0.3) is 0 Å². The van der Waals surface area contributed by atoms with Crippen LogP contribution >= 0.6 is 0 Å². The molecule has 1 N–H and O–H groups in total. The fourth-order valence-electron chi connectivity index (χ4n) is 4.25. The average Bonchev–Trinajstić information content (AvgIpc) is 3.07. The van der Waals surface area contributed by atoms with Crippen molar-refractivity contribution in [3.8, 4) is 0 Å². The van der Waals surface area contributed by atoms with Gasteiger partial charge in [-0.3, -0.25) is 4.55 Å². The van der Waals surface area contributed by atoms with Gasteiger partial charge in [-0.15, -0.1) is 0 Å². The lowest BCUT2D eigenvalue weighted by Crippen LogP contribution is -2.29. The molecule has 6 nitrogen and oxygen atoms in total. The molecule has 1 rings (SSSR count). The highest BCUT2D eigenvalue weighted by atomic mass is 32.3. The summed E-state index contributed by atoms with van der Waals surface area (Å²) in [6.07, 6.45) is 18.2. The highest BCUT2D eigenvalue weighted by molar-refractivity contribution is 7.80. The second-order valence-corrected chi connectivity index (χ2v) is 9.74. The Morgan fingerprint density at radius 1 is 0.733 bits per heavy atom. The first-order chi connectivity index (χ1) is 14.4. The molecule has 1 heterocycles. The summed E-state index contributed by atoms with van der Waals surface area (Å²) in [5, 5.41) is 0. The van der Waals surface area contributed by atoms with Crippen LogP contribution < -0.4 is 0 Å². The number of unbranched alkanes of at least 4 members (excludes halogenated alkanes) is 10. The van der Waals surface area contributed by atoms with Gasteiger partial charge in [-0.2, -0.15) is 8.42 Å². The minimum Gasteiger partial charge on any atom is -0.344 e. The van der Waals surface area contributed by atoms with Gasteiger partial charge in [0, 0.05) is 0 Å². The Morgan fingerprint density at radius 2 is 1.17 bits per heavy atom. The van der Waals surface area contributed by atoms with Crippen molar-refractivity contribution in [2.24, 2.45) is 0 Å². The van der Waals surface area contributed by atoms with Crippen LogP contribution in [0.2, 0.25) is 0 Å². The molecule has 0 unspecified atom stereocenters. The van der Waals surface area contributed by atoms with E-state index < -0.39 is 10.4 Å². The predicted molar refractivity (Wildman–Crippen MR) is 121 cm³/mol. The molecule has 1 saturated heterocycles. The summed E-state index contributed by atoms with van der Waals surface area (Å²) in [6.45, 7) is 6.61. The van der Waals surface area contributed by atoms with E-state index in [4.69, 9.17) is 14.0 Å². The van der Waals surface area contributed by atoms with Crippen LogP contribution in [0.15, 0.2) is 0 Å². The van der Waals surface area contributed by atoms with Crippen LogP contribution in [-0.2, 0) is 24.1 Å². The summed E-state index contributed by atoms with van der Waals surface area (Å²) < 4.78 is 46.7. The van der Waals surface area contributed by atoms with Gasteiger partial charge < -0.3 is 9.47 Å². The fraction of sp³-hybridized carbons (Fsp3) is 1.00. The van der Waals surface area contributed by atoms with E-state index >= 15 is 0 Å². The third-order valence-electron chi connectivity index (χ3n) is 6.18. The van der Waals surface area contributed by atoms with Crippen molar-refractivity contribution in [2.45, 2.75) is 141 Å². The van der Waals surface area contributed by atoms with Crippen molar-refractivity contribution in [1.82, 2.24) is 0 Å². The maximum absolute atomic E-state index is 10.5. The van der Waals surface area contributed by atoms with Gasteiger partial charge in [0.05, 0.1) is 18.8 Å². The minimum absolute atomic E-state index is 0.0579. The quantitative estimate of drug-likeness (QED) is 0.177. The summed E-state index contributed by atoms with van der Waals surface area (Å²) in [6, 6.07) is 0. The van der Waals surface area contributed by atoms with Gasteiger partial charge in [0.15, 0.2) is 5.79 Å². The van der Waals surface area contributed by atoms with Crippen molar-refractivity contribution in [3.63, 3.8) is 0 Å². The highest BCUT2D eigenvalue weighted by Gasteiger charge is 2.44. The number of ether oxygens (including phenoxy) is 2. The molecule has 30 heavy (non-hydrogen) atoms. The van der Waals surface area contributed by atoms with Crippen LogP contribution in [0.1, 0.15) is 124 Å². The van der Waals surface area contributed by atoms with Gasteiger partial charge in [-0.1, -0.05) is 91.4 Å². The molecule has 0 radical (unpaired) electrons. The summed E-state index contributed by atoms with van der Waals surface area (Å²) in [5.74, 6) is -0.384. The van der Waals surface area contributed by atoms with Gasteiger partial charge >= 0.3 is 10.4 Å². The van der Waals surface area contributed by atoms with E-state index in [-0.39, 0.29) is 24.6 Å². The molecule has 1 aliphatic heterocycles. The highest BCUT2D eigenvalue weighted by Crippen LogP contribution is 2.38. The third-order valence-corrected chi connectivity index (χ3v) is 6.65. The molecule has 0 aromatic heterocycles. The van der Waals surface area contributed by atoms with Gasteiger partial charge in [-0.25, -0.2) is 4.18 Å². The molecular formula is C23H46O6S. The normalized spacial score (nSPS) is 21.3. The van der Waals surface area contributed by atoms with E-state index in [1.165, 1.54) is 38.5 Å². The van der Waals surface area contributed by atoms with Crippen molar-refractivity contribution in [3.05, 3.63) is 0 Å². The van der Waals surface area contributed by atoms with Crippen molar-refractivity contribution < 1.29 is 26.6 Å². The van der Waals surface area contributed by atoms with E-state index in [2.05, 4.69) is 25.0 Å². The molecule has 1 aliphatic rings. The van der Waals surface area contributed by atoms with Crippen LogP contribution in [0.4, 0.5) is 0 Å². The Hall–Kier alpha value is -0.210. The van der Waals surface area contributed by atoms with E-state index in [9.17, 15) is 8.42 Å². The van der Waals surface area contributed by atoms with Gasteiger partial charge in [-0.05, 0) is 32.1 Å². The molecule has 0 spiro atoms. The molecule has 0 saturated carbocycles. The maximum Gasteiger partial charge on any atom is 0.397 e. The van der Waals surface area contributed by atoms with Crippen molar-refractivity contribution >= 4 is 10.4 Å². The van der Waals surface area contributed by atoms with Gasteiger partial charge in [0.25, 0.3) is 0 Å². The van der Waals surface area contributed by atoms with Crippen molar-refractivity contribution in [2.75, 3.05) is 6.61 Å². The Balaban J connectivity index is 2.23. The van der Waals surface area contributed by atoms with Crippen LogP contribution in [0, 0.1) is 0 Å². The first-order valence-electron chi connectivity index (χ1n) is 12.3. The predicted octanol–water partition coefficient (Wildman–Crippen LogP) is 6.59. The second kappa shape index (κ2) is 15.6. The zero-order chi connectivity index (χ0) is 22.3. The maximum atomic E-state index is 10.5. The van der Waals surface area contributed by atoms with E-state index in [0.717, 1.165) is 57.8 Å². The van der Waals surface area contributed by atoms with Gasteiger partial charge in [0.1, 0.15) is 0 Å². The molecule has 1 fully saturated rings. The van der Waals surface area contributed by atoms with E-state index in [0.29, 0.717) is 6.42 Å². The summed E-state index contributed by atoms with van der Waals surface area (Å²) in [4.78, 5) is 0. The number of hydrogen-bond donors (Lipinski definition) is 1. The lowest BCUT2D eigenvalue weighted by molar-refractivity contribution is -0.180. The molecule has 0 aromatic rings. The molecule has 180 valence electrons. The largest absolute Gasteiger partial charge is 0.397 e. The smallest absolute Gasteiger partial charge is 0.344 e. The Bertz CT molecular complexity index is 518. The topological polar surface area (TPSA) is 82.1 Å². The average molecular weight is 451 g/mol. The van der Waals surface area contributed by atoms with E-state index in [1.54, 1.807) is 0 Å². The number of hydrogen-bond acceptors (Lipinski definition) is 5. The van der Waals surface area contributed by atoms with E-state index in [1.807, 2.05) is 0 Å². The summed E-state index contributed by atoms with van der Waals surface area (Å²) >= 11 is 0. The van der Waals surface area contributed by atoms with Crippen LogP contribution in [0.5, 0.6) is 0 Å². The monoisotopic (exact) mass is 450 g/mol. The Kier molecular flexibility index (Phi) is 14.4. The molecular weight excluding hydrogens is 404 g/mol. The summed E-state index contributed by atoms with van der Waals surface area (Å²) in [7, 11) is -4.29.